The number of hydrogen-bond donors (Lipinski definition) is 15. The lowest BCUT2D eigenvalue weighted by Gasteiger charge is -2.31. The molecule has 2 unspecified atom stereocenters. The fourth-order valence-electron chi connectivity index (χ4n) is 10.6. The van der Waals surface area contributed by atoms with Gasteiger partial charge >= 0.3 is 5.97 Å². The average Bonchev–Trinajstić information content (AvgIpc) is 1.58. The molecular weight excluding hydrogens is 1240 g/mol. The minimum Gasteiger partial charge on any atom is -0.458 e. The molecule has 2 aromatic carbocycles. The Bertz CT molecular complexity index is 3020. The smallest absolute Gasteiger partial charge is 0.329 e. The van der Waals surface area contributed by atoms with Crippen LogP contribution < -0.4 is 69.5 Å². The molecular formula is C65H98FN13O16. The summed E-state index contributed by atoms with van der Waals surface area (Å²) in [5.41, 5.74) is 4.91. The van der Waals surface area contributed by atoms with Crippen LogP contribution in [-0.2, 0) is 68.7 Å². The summed E-state index contributed by atoms with van der Waals surface area (Å²) in [6.07, 6.45) is -0.623. The maximum Gasteiger partial charge on any atom is 0.329 e. The number of ether oxygens (including phenoxy) is 1. The van der Waals surface area contributed by atoms with Crippen molar-refractivity contribution in [2.24, 2.45) is 35.3 Å². The van der Waals surface area contributed by atoms with Crippen LogP contribution in [0.5, 0.6) is 0 Å². The molecule has 12 amide bonds. The summed E-state index contributed by atoms with van der Waals surface area (Å²) in [7, 11) is 1.59. The van der Waals surface area contributed by atoms with E-state index in [1.165, 1.54) is 26.0 Å². The van der Waals surface area contributed by atoms with Crippen molar-refractivity contribution < 1.29 is 81.7 Å². The molecule has 16 N–H and O–H groups in total. The number of primary amides is 1. The number of nitrogens with two attached hydrogens (primary N) is 1. The Morgan fingerprint density at radius 1 is 0.642 bits per heavy atom. The zero-order valence-corrected chi connectivity index (χ0v) is 56.0. The number of carbonyl (C=O) groups excluding carboxylic acids is 13. The number of cyclic esters (lactones) is 1. The molecule has 2 aromatic rings. The number of amides is 12. The fraction of sp³-hybridized carbons (Fsp3) is 0.615. The summed E-state index contributed by atoms with van der Waals surface area (Å²) < 4.78 is 19.3. The molecule has 29 nitrogen and oxygen atoms in total. The first-order valence-corrected chi connectivity index (χ1v) is 32.5. The number of carbonyl (C=O) groups is 13. The summed E-state index contributed by atoms with van der Waals surface area (Å²) in [6.45, 7) is 14.0. The molecule has 1 aliphatic carbocycles. The first kappa shape index (κ1) is 78.8. The quantitative estimate of drug-likeness (QED) is 0.0352. The van der Waals surface area contributed by atoms with E-state index >= 15 is 0 Å². The standard InChI is InChI=1S/C65H98FN13O16/c1-12-33(5)48(75-56(86)44(68-11)29-39-19-17-16-18-20-39)59(89)72-45(31-80)57(87)71-43(25-26-47(67)82)55(85)74-50(35(7)14-3)61(91)76-49(34(6)13-2)60(90)73-46(32-81)58(88)77-52-38(10)95-63(93)51(36(8)15-4)78-64(94)65(79-53(83)37(9)70-62(52)92)30-41(65)27-28-69-54(84)40-21-23-42(66)24-22-40/h16-24,33-38,41,43-46,48-52,68,80-81H,12-15,25-32H2,1-11H3,(H2,67,82)(H,69,84)(H,70,92)(H,71,87)(H,72,89)(H,73,90)(H,74,85)(H,75,86)(H,76,91)(H,77,88)(H,78,94)(H,79,83)/t33-,34-,35-,36-,37-,38-,41?,43+,44+,45-,46-,48-,49-,50+,51-,52+,65?/m0/s1. The molecule has 4 rings (SSSR count). The van der Waals surface area contributed by atoms with Crippen molar-refractivity contribution in [3.05, 3.63) is 71.5 Å². The number of nitrogens with one attached hydrogen (secondary N) is 12. The zero-order chi connectivity index (χ0) is 71.0. The molecule has 1 spiro atoms. The van der Waals surface area contributed by atoms with E-state index in [1.54, 1.807) is 62.4 Å². The number of halogens is 1. The third-order valence-corrected chi connectivity index (χ3v) is 17.9. The lowest BCUT2D eigenvalue weighted by atomic mass is 9.94. The Morgan fingerprint density at radius 3 is 1.64 bits per heavy atom. The van der Waals surface area contributed by atoms with E-state index in [9.17, 15) is 76.9 Å². The second-order valence-electron chi connectivity index (χ2n) is 24.8. The molecule has 2 aliphatic rings. The van der Waals surface area contributed by atoms with Crippen LogP contribution in [0, 0.1) is 35.4 Å². The number of aliphatic hydroxyl groups excluding tert-OH is 2. The van der Waals surface area contributed by atoms with Crippen LogP contribution >= 0.6 is 0 Å². The SMILES string of the molecule is CC[C@H](C)[C@H](NC(=O)[C@@H](Cc1ccccc1)NC)C(=O)N[C@@H](CO)C(=O)N[C@H](CCC(N)=O)C(=O)N[C@@H](C(=O)N[C@H](C(=O)N[C@@H](CO)C(=O)N[C@H]1C(=O)N[C@@H](C)C(=O)NC2(CC2CCNC(=O)c2ccc(F)cc2)C(=O)N[C@@H]([C@@H](C)CC)C(=O)O[C@H]1C)[C@@H](C)CC)[C@@H](C)CC. The molecule has 0 bridgehead atoms. The van der Waals surface area contributed by atoms with Gasteiger partial charge in [-0.3, -0.25) is 57.5 Å². The maximum atomic E-state index is 14.5. The molecule has 95 heavy (non-hydrogen) atoms. The second kappa shape index (κ2) is 37.5. The lowest BCUT2D eigenvalue weighted by molar-refractivity contribution is -0.157. The summed E-state index contributed by atoms with van der Waals surface area (Å²) in [5.74, 6) is -15.1. The van der Waals surface area contributed by atoms with Gasteiger partial charge in [0.05, 0.1) is 19.3 Å². The Kier molecular flexibility index (Phi) is 31.1. The number of rotatable bonds is 34. The van der Waals surface area contributed by atoms with Crippen molar-refractivity contribution in [3.8, 4) is 0 Å². The first-order chi connectivity index (χ1) is 44.9. The highest BCUT2D eigenvalue weighted by atomic mass is 19.1. The summed E-state index contributed by atoms with van der Waals surface area (Å²) in [5, 5.41) is 52.3. The van der Waals surface area contributed by atoms with Crippen LogP contribution in [-0.4, -0.2) is 186 Å². The monoisotopic (exact) mass is 1340 g/mol. The minimum atomic E-state index is -1.85. The topological polar surface area (TPSA) is 442 Å². The van der Waals surface area contributed by atoms with Gasteiger partial charge in [0.25, 0.3) is 5.91 Å². The Morgan fingerprint density at radius 2 is 1.14 bits per heavy atom. The molecule has 1 heterocycles. The van der Waals surface area contributed by atoms with E-state index in [-0.39, 0.29) is 44.2 Å². The van der Waals surface area contributed by atoms with Crippen molar-refractivity contribution in [2.75, 3.05) is 26.8 Å². The highest BCUT2D eigenvalue weighted by Gasteiger charge is 2.61. The third kappa shape index (κ3) is 22.5. The number of esters is 1. The Balaban J connectivity index is 1.51. The van der Waals surface area contributed by atoms with Crippen LogP contribution in [0.25, 0.3) is 0 Å². The summed E-state index contributed by atoms with van der Waals surface area (Å²) in [6, 6.07) is -0.557. The largest absolute Gasteiger partial charge is 0.458 e. The molecule has 30 heteroatoms. The fourth-order valence-corrected chi connectivity index (χ4v) is 10.6. The number of benzene rings is 2. The van der Waals surface area contributed by atoms with E-state index in [0.29, 0.717) is 12.8 Å². The van der Waals surface area contributed by atoms with Crippen molar-refractivity contribution in [2.45, 2.75) is 199 Å². The van der Waals surface area contributed by atoms with Crippen molar-refractivity contribution >= 4 is 76.9 Å². The van der Waals surface area contributed by atoms with E-state index < -0.39 is 210 Å². The van der Waals surface area contributed by atoms with Crippen molar-refractivity contribution in [1.29, 1.82) is 0 Å². The second-order valence-corrected chi connectivity index (χ2v) is 24.8. The number of hydrogen-bond acceptors (Lipinski definition) is 17. The summed E-state index contributed by atoms with van der Waals surface area (Å²) >= 11 is 0. The van der Waals surface area contributed by atoms with Crippen LogP contribution in [0.3, 0.4) is 0 Å². The highest BCUT2D eigenvalue weighted by molar-refractivity contribution is 6.01. The number of likely N-dealkylation sites (N-methyl/N-ethyl adjacent to an activating group) is 1. The molecule has 0 radical (unpaired) electrons. The van der Waals surface area contributed by atoms with Gasteiger partial charge in [-0.25, -0.2) is 9.18 Å². The molecule has 1 saturated carbocycles. The molecule has 1 aliphatic heterocycles. The van der Waals surface area contributed by atoms with E-state index in [0.717, 1.165) is 17.7 Å². The predicted molar refractivity (Wildman–Crippen MR) is 344 cm³/mol. The van der Waals surface area contributed by atoms with Crippen LogP contribution in [0.4, 0.5) is 4.39 Å². The van der Waals surface area contributed by atoms with Gasteiger partial charge in [-0.2, -0.15) is 0 Å². The third-order valence-electron chi connectivity index (χ3n) is 17.9. The van der Waals surface area contributed by atoms with Crippen LogP contribution in [0.1, 0.15) is 137 Å². The molecule has 0 aromatic heterocycles. The van der Waals surface area contributed by atoms with E-state index in [1.807, 2.05) is 30.3 Å². The highest BCUT2D eigenvalue weighted by Crippen LogP contribution is 2.46. The van der Waals surface area contributed by atoms with Gasteiger partial charge in [-0.05, 0) is 106 Å². The van der Waals surface area contributed by atoms with Gasteiger partial charge in [-0.15, -0.1) is 0 Å². The van der Waals surface area contributed by atoms with E-state index in [2.05, 4.69) is 63.8 Å². The van der Waals surface area contributed by atoms with Crippen LogP contribution in [0.15, 0.2) is 54.6 Å². The first-order valence-electron chi connectivity index (χ1n) is 32.5. The minimum absolute atomic E-state index is 0.0430. The molecule has 2 fully saturated rings. The van der Waals surface area contributed by atoms with Gasteiger partial charge in [-0.1, -0.05) is 111 Å². The van der Waals surface area contributed by atoms with Gasteiger partial charge < -0.3 is 84.5 Å². The van der Waals surface area contributed by atoms with Crippen LogP contribution in [0.2, 0.25) is 0 Å². The van der Waals surface area contributed by atoms with Gasteiger partial charge in [0.15, 0.2) is 0 Å². The lowest BCUT2D eigenvalue weighted by Crippen LogP contribution is -2.63. The average molecular weight is 1340 g/mol. The van der Waals surface area contributed by atoms with Gasteiger partial charge in [0.2, 0.25) is 65.0 Å². The maximum absolute atomic E-state index is 14.5. The zero-order valence-electron chi connectivity index (χ0n) is 56.0. The Hall–Kier alpha value is -8.64. The van der Waals surface area contributed by atoms with Gasteiger partial charge in [0.1, 0.15) is 71.8 Å². The summed E-state index contributed by atoms with van der Waals surface area (Å²) in [4.78, 5) is 180. The molecule has 526 valence electrons. The molecule has 17 atom stereocenters. The normalized spacial score (nSPS) is 22.4. The van der Waals surface area contributed by atoms with Gasteiger partial charge in [0, 0.05) is 18.5 Å². The Labute approximate surface area is 553 Å². The molecule has 1 saturated heterocycles. The predicted octanol–water partition coefficient (Wildman–Crippen LogP) is -1.59. The number of aliphatic hydroxyl groups is 2. The van der Waals surface area contributed by atoms with Crippen molar-refractivity contribution in [3.63, 3.8) is 0 Å². The van der Waals surface area contributed by atoms with Crippen molar-refractivity contribution in [1.82, 2.24) is 63.8 Å². The van der Waals surface area contributed by atoms with E-state index in [4.69, 9.17) is 10.5 Å².